The van der Waals surface area contributed by atoms with E-state index in [4.69, 9.17) is 18.7 Å². The van der Waals surface area contributed by atoms with Crippen LogP contribution in [-0.2, 0) is 0 Å². The van der Waals surface area contributed by atoms with E-state index in [9.17, 15) is 4.79 Å². The van der Waals surface area contributed by atoms with E-state index in [0.717, 1.165) is 10.9 Å². The third-order valence-electron chi connectivity index (χ3n) is 5.54. The summed E-state index contributed by atoms with van der Waals surface area (Å²) in [5, 5.41) is 5.42. The van der Waals surface area contributed by atoms with Crippen LogP contribution in [-0.4, -0.2) is 28.6 Å². The van der Waals surface area contributed by atoms with Crippen LogP contribution in [0.25, 0.3) is 39.3 Å². The molecule has 2 aromatic heterocycles. The van der Waals surface area contributed by atoms with E-state index in [1.165, 1.54) is 0 Å². The fraction of sp³-hybridized carbons (Fsp3) is 0.0800. The Morgan fingerprint density at radius 2 is 1.79 bits per heavy atom. The van der Waals surface area contributed by atoms with Gasteiger partial charge in [0.05, 0.1) is 18.4 Å². The lowest BCUT2D eigenvalue weighted by molar-refractivity contribution is 0.174. The summed E-state index contributed by atoms with van der Waals surface area (Å²) in [5.74, 6) is 2.67. The summed E-state index contributed by atoms with van der Waals surface area (Å²) in [6, 6.07) is 20.1. The van der Waals surface area contributed by atoms with Crippen molar-refractivity contribution in [3.05, 3.63) is 83.3 Å². The summed E-state index contributed by atoms with van der Waals surface area (Å²) < 4.78 is 23.3. The van der Waals surface area contributed by atoms with Gasteiger partial charge in [-0.2, -0.15) is 4.98 Å². The minimum Gasteiger partial charge on any atom is -0.497 e. The van der Waals surface area contributed by atoms with Gasteiger partial charge in [-0.25, -0.2) is 0 Å². The van der Waals surface area contributed by atoms with Gasteiger partial charge in [0, 0.05) is 28.6 Å². The standard InChI is InChI=1S/C25H17N3O5/c1-30-17-6-4-5-16(12-17)28-13-20(18-7-2-3-8-19(18)25(28)29)24-26-23(27-33-24)15-9-10-21-22(11-15)32-14-31-21/h2-13H,14H2,1H3. The highest BCUT2D eigenvalue weighted by atomic mass is 16.7. The van der Waals surface area contributed by atoms with Crippen molar-refractivity contribution in [2.75, 3.05) is 13.9 Å². The van der Waals surface area contributed by atoms with Gasteiger partial charge in [-0.1, -0.05) is 29.4 Å². The molecule has 0 saturated heterocycles. The Morgan fingerprint density at radius 3 is 2.67 bits per heavy atom. The Labute approximate surface area is 187 Å². The number of hydrogen-bond acceptors (Lipinski definition) is 7. The highest BCUT2D eigenvalue weighted by molar-refractivity contribution is 5.94. The van der Waals surface area contributed by atoms with Crippen molar-refractivity contribution in [1.29, 1.82) is 0 Å². The van der Waals surface area contributed by atoms with Crippen LogP contribution in [0.1, 0.15) is 0 Å². The fourth-order valence-corrected chi connectivity index (χ4v) is 3.90. The van der Waals surface area contributed by atoms with Crippen molar-refractivity contribution in [3.8, 4) is 45.8 Å². The minimum absolute atomic E-state index is 0.155. The van der Waals surface area contributed by atoms with E-state index in [2.05, 4.69) is 10.1 Å². The molecule has 6 rings (SSSR count). The molecule has 0 spiro atoms. The van der Waals surface area contributed by atoms with Crippen LogP contribution in [0.3, 0.4) is 0 Å². The lowest BCUT2D eigenvalue weighted by atomic mass is 10.1. The zero-order chi connectivity index (χ0) is 22.4. The first-order valence-electron chi connectivity index (χ1n) is 10.2. The summed E-state index contributed by atoms with van der Waals surface area (Å²) in [4.78, 5) is 17.9. The number of hydrogen-bond donors (Lipinski definition) is 0. The van der Waals surface area contributed by atoms with E-state index in [-0.39, 0.29) is 12.4 Å². The molecule has 8 heteroatoms. The first kappa shape index (κ1) is 19.1. The summed E-state index contributed by atoms with van der Waals surface area (Å²) in [7, 11) is 1.59. The number of rotatable bonds is 4. The lowest BCUT2D eigenvalue weighted by Gasteiger charge is -2.11. The molecule has 162 valence electrons. The molecule has 1 aliphatic heterocycles. The summed E-state index contributed by atoms with van der Waals surface area (Å²) >= 11 is 0. The summed E-state index contributed by atoms with van der Waals surface area (Å²) in [6.45, 7) is 0.189. The molecule has 5 aromatic rings. The Bertz CT molecular complexity index is 1570. The van der Waals surface area contributed by atoms with E-state index in [0.29, 0.717) is 45.6 Å². The van der Waals surface area contributed by atoms with Crippen molar-refractivity contribution in [1.82, 2.24) is 14.7 Å². The van der Waals surface area contributed by atoms with Crippen LogP contribution >= 0.6 is 0 Å². The quantitative estimate of drug-likeness (QED) is 0.409. The monoisotopic (exact) mass is 439 g/mol. The maximum Gasteiger partial charge on any atom is 0.262 e. The Balaban J connectivity index is 1.51. The maximum absolute atomic E-state index is 13.3. The predicted octanol–water partition coefficient (Wildman–Crippen LogP) is 4.45. The van der Waals surface area contributed by atoms with Crippen LogP contribution in [0, 0.1) is 0 Å². The minimum atomic E-state index is -0.155. The second-order valence-electron chi connectivity index (χ2n) is 7.46. The molecule has 33 heavy (non-hydrogen) atoms. The first-order valence-corrected chi connectivity index (χ1v) is 10.2. The van der Waals surface area contributed by atoms with Crippen molar-refractivity contribution in [3.63, 3.8) is 0 Å². The van der Waals surface area contributed by atoms with E-state index >= 15 is 0 Å². The van der Waals surface area contributed by atoms with E-state index in [1.54, 1.807) is 30.0 Å². The molecule has 1 aliphatic rings. The number of methoxy groups -OCH3 is 1. The highest BCUT2D eigenvalue weighted by Crippen LogP contribution is 2.36. The average Bonchev–Trinajstić information content (AvgIpc) is 3.54. The van der Waals surface area contributed by atoms with Crippen molar-refractivity contribution in [2.24, 2.45) is 0 Å². The maximum atomic E-state index is 13.3. The largest absolute Gasteiger partial charge is 0.497 e. The third kappa shape index (κ3) is 3.20. The van der Waals surface area contributed by atoms with Gasteiger partial charge >= 0.3 is 0 Å². The Morgan fingerprint density at radius 1 is 0.939 bits per heavy atom. The van der Waals surface area contributed by atoms with Crippen molar-refractivity contribution in [2.45, 2.75) is 0 Å². The van der Waals surface area contributed by atoms with E-state index < -0.39 is 0 Å². The second kappa shape index (κ2) is 7.52. The fourth-order valence-electron chi connectivity index (χ4n) is 3.90. The molecule has 0 radical (unpaired) electrons. The zero-order valence-electron chi connectivity index (χ0n) is 17.5. The number of pyridine rings is 1. The van der Waals surface area contributed by atoms with Gasteiger partial charge in [-0.05, 0) is 36.4 Å². The molecule has 0 bridgehead atoms. The van der Waals surface area contributed by atoms with E-state index in [1.807, 2.05) is 54.6 Å². The Hall–Kier alpha value is -4.59. The molecule has 0 fully saturated rings. The number of ether oxygens (including phenoxy) is 3. The van der Waals surface area contributed by atoms with Gasteiger partial charge in [-0.3, -0.25) is 9.36 Å². The normalized spacial score (nSPS) is 12.3. The van der Waals surface area contributed by atoms with Crippen LogP contribution in [0.5, 0.6) is 17.2 Å². The number of benzene rings is 3. The molecule has 3 aromatic carbocycles. The summed E-state index contributed by atoms with van der Waals surface area (Å²) in [5.41, 5.74) is 1.90. The van der Waals surface area contributed by atoms with Gasteiger partial charge in [-0.15, -0.1) is 0 Å². The molecule has 0 atom stereocenters. The molecule has 0 amide bonds. The lowest BCUT2D eigenvalue weighted by Crippen LogP contribution is -2.18. The molecular weight excluding hydrogens is 422 g/mol. The van der Waals surface area contributed by atoms with Gasteiger partial charge in [0.2, 0.25) is 12.6 Å². The SMILES string of the molecule is COc1cccc(-n2cc(-c3nc(-c4ccc5c(c4)OCO5)no3)c3ccccc3c2=O)c1. The van der Waals surface area contributed by atoms with Crippen LogP contribution in [0.15, 0.2) is 82.2 Å². The van der Waals surface area contributed by atoms with Gasteiger partial charge in [0.1, 0.15) is 5.75 Å². The number of fused-ring (bicyclic) bond motifs is 2. The average molecular weight is 439 g/mol. The summed E-state index contributed by atoms with van der Waals surface area (Å²) in [6.07, 6.45) is 1.72. The second-order valence-corrected chi connectivity index (χ2v) is 7.46. The van der Waals surface area contributed by atoms with Gasteiger partial charge in [0.25, 0.3) is 11.4 Å². The van der Waals surface area contributed by atoms with Crippen LogP contribution in [0.4, 0.5) is 0 Å². The smallest absolute Gasteiger partial charge is 0.262 e. The Kier molecular flexibility index (Phi) is 4.36. The number of aromatic nitrogens is 3. The van der Waals surface area contributed by atoms with Crippen LogP contribution < -0.4 is 19.8 Å². The van der Waals surface area contributed by atoms with Gasteiger partial charge in [0.15, 0.2) is 11.5 Å². The molecule has 0 N–H and O–H groups in total. The van der Waals surface area contributed by atoms with Crippen molar-refractivity contribution >= 4 is 10.8 Å². The van der Waals surface area contributed by atoms with Crippen molar-refractivity contribution < 1.29 is 18.7 Å². The topological polar surface area (TPSA) is 88.6 Å². The predicted molar refractivity (Wildman–Crippen MR) is 121 cm³/mol. The number of nitrogens with zero attached hydrogens (tertiary/aromatic N) is 3. The third-order valence-corrected chi connectivity index (χ3v) is 5.54. The molecule has 3 heterocycles. The van der Waals surface area contributed by atoms with Crippen LogP contribution in [0.2, 0.25) is 0 Å². The van der Waals surface area contributed by atoms with Gasteiger partial charge < -0.3 is 18.7 Å². The first-order chi connectivity index (χ1) is 16.2. The highest BCUT2D eigenvalue weighted by Gasteiger charge is 2.19. The molecule has 0 saturated carbocycles. The molecule has 8 nitrogen and oxygen atoms in total. The molecule has 0 unspecified atom stereocenters. The zero-order valence-corrected chi connectivity index (χ0v) is 17.5. The molecule has 0 aliphatic carbocycles. The molecular formula is C25H17N3O5.